The Balaban J connectivity index is 1.57. The Hall–Kier alpha value is -2.69. The maximum atomic E-state index is 4.77. The van der Waals surface area contributed by atoms with E-state index in [4.69, 9.17) is 4.98 Å². The van der Waals surface area contributed by atoms with Crippen LogP contribution in [0.15, 0.2) is 55.1 Å². The SMILES string of the molecule is Cc1nccn1-c1cncc(N(C)CC2(c3ccccc3)CC2)n1. The van der Waals surface area contributed by atoms with E-state index in [-0.39, 0.29) is 5.41 Å². The summed E-state index contributed by atoms with van der Waals surface area (Å²) in [4.78, 5) is 15.6. The summed E-state index contributed by atoms with van der Waals surface area (Å²) in [6.07, 6.45) is 9.76. The molecular formula is C19H21N5. The molecule has 122 valence electrons. The second kappa shape index (κ2) is 5.74. The molecule has 2 heterocycles. The summed E-state index contributed by atoms with van der Waals surface area (Å²) in [6.45, 7) is 2.92. The number of imidazole rings is 1. The number of rotatable bonds is 5. The van der Waals surface area contributed by atoms with E-state index in [2.05, 4.69) is 52.2 Å². The number of aryl methyl sites for hydroxylation is 1. The summed E-state index contributed by atoms with van der Waals surface area (Å²) in [5.74, 6) is 2.61. The maximum Gasteiger partial charge on any atom is 0.159 e. The Morgan fingerprint density at radius 3 is 2.62 bits per heavy atom. The molecule has 1 aliphatic rings. The lowest BCUT2D eigenvalue weighted by Crippen LogP contribution is -2.30. The van der Waals surface area contributed by atoms with Crippen LogP contribution in [-0.2, 0) is 5.41 Å². The Kier molecular flexibility index (Phi) is 3.56. The first-order chi connectivity index (χ1) is 11.7. The number of anilines is 1. The van der Waals surface area contributed by atoms with Gasteiger partial charge < -0.3 is 4.90 Å². The molecule has 0 radical (unpaired) electrons. The van der Waals surface area contributed by atoms with Crippen LogP contribution in [-0.4, -0.2) is 33.1 Å². The zero-order valence-electron chi connectivity index (χ0n) is 14.1. The van der Waals surface area contributed by atoms with Crippen LogP contribution < -0.4 is 4.90 Å². The van der Waals surface area contributed by atoms with Gasteiger partial charge in [0.25, 0.3) is 0 Å². The van der Waals surface area contributed by atoms with Gasteiger partial charge in [-0.05, 0) is 25.3 Å². The van der Waals surface area contributed by atoms with Crippen LogP contribution >= 0.6 is 0 Å². The van der Waals surface area contributed by atoms with Crippen molar-refractivity contribution in [3.63, 3.8) is 0 Å². The van der Waals surface area contributed by atoms with Crippen molar-refractivity contribution in [1.82, 2.24) is 19.5 Å². The van der Waals surface area contributed by atoms with Crippen molar-refractivity contribution in [2.75, 3.05) is 18.5 Å². The fraction of sp³-hybridized carbons (Fsp3) is 0.316. The molecule has 3 aromatic rings. The fourth-order valence-electron chi connectivity index (χ4n) is 3.28. The Morgan fingerprint density at radius 2 is 1.96 bits per heavy atom. The van der Waals surface area contributed by atoms with E-state index in [0.29, 0.717) is 0 Å². The summed E-state index contributed by atoms with van der Waals surface area (Å²) in [5.41, 5.74) is 1.69. The molecule has 2 aromatic heterocycles. The van der Waals surface area contributed by atoms with Gasteiger partial charge in [0.05, 0.1) is 12.4 Å². The number of hydrogen-bond donors (Lipinski definition) is 0. The van der Waals surface area contributed by atoms with E-state index in [1.165, 1.54) is 18.4 Å². The smallest absolute Gasteiger partial charge is 0.159 e. The highest BCUT2D eigenvalue weighted by Crippen LogP contribution is 2.48. The van der Waals surface area contributed by atoms with Crippen molar-refractivity contribution in [3.8, 4) is 5.82 Å². The molecule has 1 aliphatic carbocycles. The largest absolute Gasteiger partial charge is 0.357 e. The summed E-state index contributed by atoms with van der Waals surface area (Å²) in [7, 11) is 2.09. The van der Waals surface area contributed by atoms with Gasteiger partial charge in [0.15, 0.2) is 5.82 Å². The number of benzene rings is 1. The molecule has 0 atom stereocenters. The van der Waals surface area contributed by atoms with Crippen molar-refractivity contribution >= 4 is 5.82 Å². The third-order valence-electron chi connectivity index (χ3n) is 4.85. The van der Waals surface area contributed by atoms with Crippen LogP contribution in [0.25, 0.3) is 5.82 Å². The summed E-state index contributed by atoms with van der Waals surface area (Å²) < 4.78 is 1.95. The zero-order chi connectivity index (χ0) is 16.6. The van der Waals surface area contributed by atoms with Gasteiger partial charge >= 0.3 is 0 Å². The van der Waals surface area contributed by atoms with Gasteiger partial charge in [0, 0.05) is 31.4 Å². The monoisotopic (exact) mass is 319 g/mol. The lowest BCUT2D eigenvalue weighted by molar-refractivity contribution is 0.666. The molecule has 1 fully saturated rings. The van der Waals surface area contributed by atoms with Crippen molar-refractivity contribution < 1.29 is 0 Å². The van der Waals surface area contributed by atoms with Gasteiger partial charge in [-0.15, -0.1) is 0 Å². The zero-order valence-corrected chi connectivity index (χ0v) is 14.1. The van der Waals surface area contributed by atoms with Gasteiger partial charge in [-0.2, -0.15) is 0 Å². The van der Waals surface area contributed by atoms with Gasteiger partial charge in [-0.1, -0.05) is 30.3 Å². The van der Waals surface area contributed by atoms with E-state index in [9.17, 15) is 0 Å². The first-order valence-corrected chi connectivity index (χ1v) is 8.27. The molecule has 24 heavy (non-hydrogen) atoms. The average molecular weight is 319 g/mol. The van der Waals surface area contributed by atoms with Gasteiger partial charge in [0.1, 0.15) is 11.6 Å². The minimum absolute atomic E-state index is 0.263. The predicted octanol–water partition coefficient (Wildman–Crippen LogP) is 3.14. The fourth-order valence-corrected chi connectivity index (χ4v) is 3.28. The van der Waals surface area contributed by atoms with E-state index >= 15 is 0 Å². The molecule has 0 N–H and O–H groups in total. The first-order valence-electron chi connectivity index (χ1n) is 8.27. The molecule has 5 nitrogen and oxygen atoms in total. The highest BCUT2D eigenvalue weighted by molar-refractivity contribution is 5.42. The van der Waals surface area contributed by atoms with E-state index in [1.807, 2.05) is 23.9 Å². The normalized spacial score (nSPS) is 15.2. The van der Waals surface area contributed by atoms with Crippen LogP contribution in [0.1, 0.15) is 24.2 Å². The quantitative estimate of drug-likeness (QED) is 0.725. The number of aromatic nitrogens is 4. The first kappa shape index (κ1) is 14.9. The molecule has 0 bridgehead atoms. The maximum absolute atomic E-state index is 4.77. The molecular weight excluding hydrogens is 298 g/mol. The van der Waals surface area contributed by atoms with Crippen LogP contribution in [0.5, 0.6) is 0 Å². The standard InChI is InChI=1S/C19H21N5/c1-15-21-10-11-24(15)18-13-20-12-17(22-18)23(2)14-19(8-9-19)16-6-4-3-5-7-16/h3-7,10-13H,8-9,14H2,1-2H3. The van der Waals surface area contributed by atoms with Gasteiger partial charge in [-0.3, -0.25) is 9.55 Å². The predicted molar refractivity (Wildman–Crippen MR) is 94.5 cm³/mol. The number of nitrogens with zero attached hydrogens (tertiary/aromatic N) is 5. The molecule has 0 saturated heterocycles. The highest BCUT2D eigenvalue weighted by atomic mass is 15.2. The van der Waals surface area contributed by atoms with E-state index < -0.39 is 0 Å². The molecule has 1 aromatic carbocycles. The average Bonchev–Trinajstić information content (AvgIpc) is 3.28. The Bertz CT molecular complexity index is 836. The van der Waals surface area contributed by atoms with Crippen molar-refractivity contribution in [3.05, 3.63) is 66.5 Å². The second-order valence-electron chi connectivity index (χ2n) is 6.58. The van der Waals surface area contributed by atoms with Crippen LogP contribution in [0.3, 0.4) is 0 Å². The number of likely N-dealkylation sites (N-methyl/N-ethyl adjacent to an activating group) is 1. The summed E-state index contributed by atoms with van der Waals surface area (Å²) in [6, 6.07) is 10.8. The third-order valence-corrected chi connectivity index (χ3v) is 4.85. The number of hydrogen-bond acceptors (Lipinski definition) is 4. The molecule has 0 spiro atoms. The minimum Gasteiger partial charge on any atom is -0.357 e. The van der Waals surface area contributed by atoms with E-state index in [1.54, 1.807) is 12.4 Å². The van der Waals surface area contributed by atoms with Crippen LogP contribution in [0, 0.1) is 6.92 Å². The van der Waals surface area contributed by atoms with Crippen LogP contribution in [0.4, 0.5) is 5.82 Å². The molecule has 5 heteroatoms. The summed E-state index contributed by atoms with van der Waals surface area (Å²) >= 11 is 0. The highest BCUT2D eigenvalue weighted by Gasteiger charge is 2.45. The summed E-state index contributed by atoms with van der Waals surface area (Å²) in [5, 5.41) is 0. The Morgan fingerprint density at radius 1 is 1.17 bits per heavy atom. The third kappa shape index (κ3) is 2.66. The van der Waals surface area contributed by atoms with Crippen molar-refractivity contribution in [1.29, 1.82) is 0 Å². The minimum atomic E-state index is 0.263. The van der Waals surface area contributed by atoms with Gasteiger partial charge in [0.2, 0.25) is 0 Å². The lowest BCUT2D eigenvalue weighted by Gasteiger charge is -2.25. The topological polar surface area (TPSA) is 46.8 Å². The van der Waals surface area contributed by atoms with Gasteiger partial charge in [-0.25, -0.2) is 9.97 Å². The van der Waals surface area contributed by atoms with Crippen LogP contribution in [0.2, 0.25) is 0 Å². The molecule has 0 unspecified atom stereocenters. The second-order valence-corrected chi connectivity index (χ2v) is 6.58. The molecule has 0 aliphatic heterocycles. The lowest BCUT2D eigenvalue weighted by atomic mass is 9.95. The molecule has 4 rings (SSSR count). The Labute approximate surface area is 142 Å². The molecule has 1 saturated carbocycles. The van der Waals surface area contributed by atoms with Crippen molar-refractivity contribution in [2.24, 2.45) is 0 Å². The van der Waals surface area contributed by atoms with E-state index in [0.717, 1.165) is 24.0 Å². The molecule has 0 amide bonds. The van der Waals surface area contributed by atoms with Crippen molar-refractivity contribution in [2.45, 2.75) is 25.2 Å².